The van der Waals surface area contributed by atoms with Crippen molar-refractivity contribution >= 4 is 49.0 Å². The summed E-state index contributed by atoms with van der Waals surface area (Å²) in [6, 6.07) is 0. The second kappa shape index (κ2) is 4.97. The topological polar surface area (TPSA) is 17.1 Å². The van der Waals surface area contributed by atoms with E-state index in [9.17, 15) is 18.0 Å². The summed E-state index contributed by atoms with van der Waals surface area (Å²) in [6.07, 6.45) is -5.86. The van der Waals surface area contributed by atoms with Crippen LogP contribution in [0, 0.1) is 0 Å². The van der Waals surface area contributed by atoms with Crippen molar-refractivity contribution in [1.82, 2.24) is 0 Å². The van der Waals surface area contributed by atoms with E-state index in [-0.39, 0.29) is 0 Å². The first-order valence-corrected chi connectivity index (χ1v) is 6.30. The largest absolute Gasteiger partial charge is 0.389 e. The number of thiophene rings is 1. The lowest BCUT2D eigenvalue weighted by atomic mass is 10.2. The fourth-order valence-corrected chi connectivity index (χ4v) is 3.04. The van der Waals surface area contributed by atoms with Crippen LogP contribution in [0.1, 0.15) is 22.5 Å². The molecule has 0 fully saturated rings. The van der Waals surface area contributed by atoms with Gasteiger partial charge in [0.05, 0.1) is 15.8 Å². The number of alkyl halides is 3. The first-order chi connectivity index (χ1) is 6.81. The third kappa shape index (κ3) is 3.88. The Labute approximate surface area is 105 Å². The van der Waals surface area contributed by atoms with Crippen molar-refractivity contribution in [2.24, 2.45) is 0 Å². The highest BCUT2D eigenvalue weighted by atomic mass is 79.9. The van der Waals surface area contributed by atoms with Crippen LogP contribution in [0.4, 0.5) is 13.2 Å². The van der Waals surface area contributed by atoms with Crippen LogP contribution in [0.25, 0.3) is 0 Å². The highest BCUT2D eigenvalue weighted by Gasteiger charge is 2.29. The molecule has 15 heavy (non-hydrogen) atoms. The Morgan fingerprint density at radius 3 is 2.40 bits per heavy atom. The van der Waals surface area contributed by atoms with Crippen LogP contribution < -0.4 is 0 Å². The predicted octanol–water partition coefficient (Wildman–Crippen LogP) is 4.80. The minimum absolute atomic E-state index is 0.325. The second-order valence-electron chi connectivity index (χ2n) is 2.77. The maximum atomic E-state index is 11.9. The van der Waals surface area contributed by atoms with Crippen LogP contribution in [0.3, 0.4) is 0 Å². The molecule has 1 aromatic rings. The number of Topliss-reactive ketones (excluding diaryl/α,β-unsaturated/α-hetero) is 1. The molecular weight excluding hydrogens is 361 g/mol. The van der Waals surface area contributed by atoms with E-state index < -0.39 is 24.8 Å². The summed E-state index contributed by atoms with van der Waals surface area (Å²) < 4.78 is 36.8. The van der Waals surface area contributed by atoms with Crippen molar-refractivity contribution in [3.8, 4) is 0 Å². The van der Waals surface area contributed by atoms with Gasteiger partial charge in [0.25, 0.3) is 0 Å². The molecule has 1 heterocycles. The standard InChI is InChI=1S/C8H5Br2F3OS/c9-4-3-15-7(6(4)10)5(14)1-2-8(11,12)13/h3H,1-2H2. The summed E-state index contributed by atoms with van der Waals surface area (Å²) in [5.41, 5.74) is 0. The van der Waals surface area contributed by atoms with E-state index in [2.05, 4.69) is 31.9 Å². The van der Waals surface area contributed by atoms with Crippen LogP contribution in [-0.2, 0) is 0 Å². The van der Waals surface area contributed by atoms with E-state index >= 15 is 0 Å². The first-order valence-electron chi connectivity index (χ1n) is 3.83. The molecule has 7 heteroatoms. The molecule has 0 atom stereocenters. The van der Waals surface area contributed by atoms with Gasteiger partial charge in [-0.3, -0.25) is 4.79 Å². The van der Waals surface area contributed by atoms with Gasteiger partial charge in [-0.05, 0) is 31.9 Å². The molecule has 1 aromatic heterocycles. The molecule has 1 nitrogen and oxygen atoms in total. The lowest BCUT2D eigenvalue weighted by molar-refractivity contribution is -0.133. The molecule has 0 unspecified atom stereocenters. The van der Waals surface area contributed by atoms with Gasteiger partial charge < -0.3 is 0 Å². The number of rotatable bonds is 3. The number of hydrogen-bond donors (Lipinski definition) is 0. The quantitative estimate of drug-likeness (QED) is 0.703. The van der Waals surface area contributed by atoms with Crippen molar-refractivity contribution in [2.75, 3.05) is 0 Å². The predicted molar refractivity (Wildman–Crippen MR) is 59.3 cm³/mol. The highest BCUT2D eigenvalue weighted by molar-refractivity contribution is 9.13. The summed E-state index contributed by atoms with van der Waals surface area (Å²) in [6.45, 7) is 0. The van der Waals surface area contributed by atoms with Crippen LogP contribution in [-0.4, -0.2) is 12.0 Å². The number of carbonyl (C=O) groups is 1. The van der Waals surface area contributed by atoms with Crippen LogP contribution >= 0.6 is 43.2 Å². The van der Waals surface area contributed by atoms with Crippen LogP contribution in [0.5, 0.6) is 0 Å². The van der Waals surface area contributed by atoms with E-state index in [0.29, 0.717) is 13.8 Å². The summed E-state index contributed by atoms with van der Waals surface area (Å²) in [5.74, 6) is -0.491. The summed E-state index contributed by atoms with van der Waals surface area (Å²) in [4.78, 5) is 11.7. The van der Waals surface area contributed by atoms with Crippen molar-refractivity contribution in [3.05, 3.63) is 19.2 Å². The minimum atomic E-state index is -4.28. The van der Waals surface area contributed by atoms with Gasteiger partial charge in [-0.25, -0.2) is 0 Å². The molecule has 1 rings (SSSR count). The second-order valence-corrected chi connectivity index (χ2v) is 5.29. The van der Waals surface area contributed by atoms with Crippen molar-refractivity contribution < 1.29 is 18.0 Å². The van der Waals surface area contributed by atoms with Crippen LogP contribution in [0.15, 0.2) is 14.3 Å². The molecule has 0 amide bonds. The van der Waals surface area contributed by atoms with E-state index in [1.165, 1.54) is 0 Å². The molecule has 0 radical (unpaired) electrons. The molecule has 0 spiro atoms. The minimum Gasteiger partial charge on any atom is -0.293 e. The average Bonchev–Trinajstić information content (AvgIpc) is 2.43. The number of carbonyl (C=O) groups excluding carboxylic acids is 1. The maximum absolute atomic E-state index is 11.9. The highest BCUT2D eigenvalue weighted by Crippen LogP contribution is 2.34. The summed E-state index contributed by atoms with van der Waals surface area (Å²) in [7, 11) is 0. The lowest BCUT2D eigenvalue weighted by Crippen LogP contribution is -2.10. The van der Waals surface area contributed by atoms with Crippen molar-refractivity contribution in [1.29, 1.82) is 0 Å². The zero-order valence-corrected chi connectivity index (χ0v) is 11.2. The summed E-state index contributed by atoms with van der Waals surface area (Å²) >= 11 is 7.42. The van der Waals surface area contributed by atoms with Crippen molar-refractivity contribution in [3.63, 3.8) is 0 Å². The number of halogens is 5. The molecule has 0 aliphatic carbocycles. The Bertz CT molecular complexity index is 372. The van der Waals surface area contributed by atoms with Gasteiger partial charge >= 0.3 is 6.18 Å². The Kier molecular flexibility index (Phi) is 4.37. The van der Waals surface area contributed by atoms with E-state index in [1.54, 1.807) is 5.38 Å². The molecule has 0 saturated carbocycles. The van der Waals surface area contributed by atoms with Gasteiger partial charge in [-0.15, -0.1) is 11.3 Å². The molecule has 0 N–H and O–H groups in total. The first kappa shape index (κ1) is 13.2. The van der Waals surface area contributed by atoms with E-state index in [1.807, 2.05) is 0 Å². The Morgan fingerprint density at radius 2 is 2.00 bits per heavy atom. The van der Waals surface area contributed by atoms with Gasteiger partial charge in [0.1, 0.15) is 0 Å². The van der Waals surface area contributed by atoms with Gasteiger partial charge in [0.2, 0.25) is 0 Å². The fourth-order valence-electron chi connectivity index (χ4n) is 0.880. The molecule has 0 aliphatic rings. The Balaban J connectivity index is 2.66. The van der Waals surface area contributed by atoms with Gasteiger partial charge in [0, 0.05) is 16.3 Å². The fraction of sp³-hybridized carbons (Fsp3) is 0.375. The van der Waals surface area contributed by atoms with E-state index in [0.717, 1.165) is 11.3 Å². The molecule has 0 aromatic carbocycles. The SMILES string of the molecule is O=C(CCC(F)(F)F)c1scc(Br)c1Br. The molecule has 0 saturated heterocycles. The lowest BCUT2D eigenvalue weighted by Gasteiger charge is -2.04. The van der Waals surface area contributed by atoms with E-state index in [4.69, 9.17) is 0 Å². The summed E-state index contributed by atoms with van der Waals surface area (Å²) in [5, 5.41) is 1.66. The smallest absolute Gasteiger partial charge is 0.293 e. The van der Waals surface area contributed by atoms with Gasteiger partial charge in [-0.2, -0.15) is 13.2 Å². The molecule has 84 valence electrons. The third-order valence-electron chi connectivity index (χ3n) is 1.58. The van der Waals surface area contributed by atoms with Gasteiger partial charge in [0.15, 0.2) is 5.78 Å². The maximum Gasteiger partial charge on any atom is 0.389 e. The zero-order chi connectivity index (χ0) is 11.6. The normalized spacial score (nSPS) is 11.8. The van der Waals surface area contributed by atoms with Gasteiger partial charge in [-0.1, -0.05) is 0 Å². The Morgan fingerprint density at radius 1 is 1.40 bits per heavy atom. The average molecular weight is 366 g/mol. The zero-order valence-electron chi connectivity index (χ0n) is 7.20. The Hall–Kier alpha value is 0.120. The monoisotopic (exact) mass is 364 g/mol. The number of ketones is 1. The number of hydrogen-bond acceptors (Lipinski definition) is 2. The molecular formula is C8H5Br2F3OS. The van der Waals surface area contributed by atoms with Crippen molar-refractivity contribution in [2.45, 2.75) is 19.0 Å². The molecule has 0 aliphatic heterocycles. The third-order valence-corrected chi connectivity index (χ3v) is 5.15. The molecule has 0 bridgehead atoms. The van der Waals surface area contributed by atoms with Crippen LogP contribution in [0.2, 0.25) is 0 Å².